The van der Waals surface area contributed by atoms with Gasteiger partial charge in [0.25, 0.3) is 0 Å². The summed E-state index contributed by atoms with van der Waals surface area (Å²) in [5, 5.41) is 37.3. The number of hydrogen-bond donors (Lipinski definition) is 4. The van der Waals surface area contributed by atoms with Crippen LogP contribution >= 0.6 is 11.6 Å². The molecular formula is C8H15ClO6. The van der Waals surface area contributed by atoms with Gasteiger partial charge in [0.2, 0.25) is 5.79 Å². The zero-order valence-electron chi connectivity index (χ0n) is 8.04. The minimum Gasteiger partial charge on any atom is -0.391 e. The number of rotatable bonds is 4. The second kappa shape index (κ2) is 5.40. The van der Waals surface area contributed by atoms with E-state index in [1.165, 1.54) is 0 Å². The lowest BCUT2D eigenvalue weighted by atomic mass is 9.97. The van der Waals surface area contributed by atoms with Crippen molar-refractivity contribution in [3.63, 3.8) is 0 Å². The maximum Gasteiger partial charge on any atom is 0.221 e. The Bertz CT molecular complexity index is 200. The second-order valence-electron chi connectivity index (χ2n) is 3.32. The van der Waals surface area contributed by atoms with Gasteiger partial charge in [-0.1, -0.05) is 0 Å². The molecule has 0 aromatic rings. The molecule has 15 heavy (non-hydrogen) atoms. The molecule has 0 radical (unpaired) electrons. The van der Waals surface area contributed by atoms with E-state index in [2.05, 4.69) is 0 Å². The van der Waals surface area contributed by atoms with E-state index in [1.807, 2.05) is 0 Å². The summed E-state index contributed by atoms with van der Waals surface area (Å²) in [6, 6.07) is 0. The van der Waals surface area contributed by atoms with Crippen LogP contribution in [-0.4, -0.2) is 70.2 Å². The molecule has 0 aromatic heterocycles. The summed E-state index contributed by atoms with van der Waals surface area (Å²) in [6.45, 7) is -0.794. The van der Waals surface area contributed by atoms with Crippen molar-refractivity contribution >= 4 is 11.6 Å². The summed E-state index contributed by atoms with van der Waals surface area (Å²) in [6.07, 6.45) is -4.13. The summed E-state index contributed by atoms with van der Waals surface area (Å²) >= 11 is 5.40. The highest BCUT2D eigenvalue weighted by atomic mass is 35.5. The number of hydrogen-bond acceptors (Lipinski definition) is 6. The highest BCUT2D eigenvalue weighted by molar-refractivity contribution is 6.17. The first-order valence-electron chi connectivity index (χ1n) is 4.56. The molecule has 90 valence electrons. The predicted molar refractivity (Wildman–Crippen MR) is 50.5 cm³/mol. The zero-order valence-corrected chi connectivity index (χ0v) is 8.80. The van der Waals surface area contributed by atoms with Crippen molar-refractivity contribution in [2.75, 3.05) is 25.7 Å². The van der Waals surface area contributed by atoms with Crippen LogP contribution in [0, 0.1) is 0 Å². The first-order valence-corrected chi connectivity index (χ1v) is 5.10. The molecule has 1 heterocycles. The smallest absolute Gasteiger partial charge is 0.221 e. The minimum absolute atomic E-state index is 0.0575. The predicted octanol–water partition coefficient (Wildman–Crippen LogP) is -1.96. The average molecular weight is 243 g/mol. The van der Waals surface area contributed by atoms with Crippen molar-refractivity contribution in [2.24, 2.45) is 0 Å². The molecular weight excluding hydrogens is 228 g/mol. The van der Waals surface area contributed by atoms with Crippen LogP contribution in [0.25, 0.3) is 0 Å². The molecule has 4 N–H and O–H groups in total. The standard InChI is InChI=1S/C8H15ClO6/c9-1-2-14-8(4-10)7(13)6(12)5(11)3-15-8/h5-7,10-13H,1-4H2/t5-,6-,7+,8-/m0/s1. The van der Waals surface area contributed by atoms with Gasteiger partial charge in [0, 0.05) is 5.88 Å². The van der Waals surface area contributed by atoms with E-state index in [0.29, 0.717) is 0 Å². The van der Waals surface area contributed by atoms with E-state index < -0.39 is 30.7 Å². The maximum absolute atomic E-state index is 9.62. The number of aliphatic hydroxyl groups excluding tert-OH is 4. The first-order chi connectivity index (χ1) is 7.07. The van der Waals surface area contributed by atoms with Gasteiger partial charge in [0.05, 0.1) is 13.2 Å². The van der Waals surface area contributed by atoms with Crippen LogP contribution < -0.4 is 0 Å². The van der Waals surface area contributed by atoms with E-state index in [0.717, 1.165) is 0 Å². The second-order valence-corrected chi connectivity index (χ2v) is 3.70. The fourth-order valence-corrected chi connectivity index (χ4v) is 1.48. The molecule has 7 heteroatoms. The fraction of sp³-hybridized carbons (Fsp3) is 1.00. The van der Waals surface area contributed by atoms with Crippen LogP contribution in [-0.2, 0) is 9.47 Å². The Balaban J connectivity index is 2.71. The van der Waals surface area contributed by atoms with Crippen LogP contribution in [0.2, 0.25) is 0 Å². The third-order valence-corrected chi connectivity index (χ3v) is 2.46. The van der Waals surface area contributed by atoms with Gasteiger partial charge in [-0.2, -0.15) is 0 Å². The SMILES string of the molecule is OC[C@]1(OCCCl)OC[C@H](O)[C@H](O)[C@H]1O. The molecule has 1 aliphatic heterocycles. The van der Waals surface area contributed by atoms with Crippen LogP contribution in [0.3, 0.4) is 0 Å². The van der Waals surface area contributed by atoms with E-state index in [4.69, 9.17) is 26.2 Å². The van der Waals surface area contributed by atoms with Gasteiger partial charge in [0.15, 0.2) is 0 Å². The quantitative estimate of drug-likeness (QED) is 0.428. The molecule has 0 aromatic carbocycles. The van der Waals surface area contributed by atoms with Gasteiger partial charge < -0.3 is 29.9 Å². The highest BCUT2D eigenvalue weighted by Gasteiger charge is 2.50. The first kappa shape index (κ1) is 13.1. The summed E-state index contributed by atoms with van der Waals surface area (Å²) in [5.41, 5.74) is 0. The number of aliphatic hydroxyl groups is 4. The topological polar surface area (TPSA) is 99.4 Å². The number of ether oxygens (including phenoxy) is 2. The van der Waals surface area contributed by atoms with Crippen molar-refractivity contribution in [2.45, 2.75) is 24.1 Å². The highest BCUT2D eigenvalue weighted by Crippen LogP contribution is 2.27. The largest absolute Gasteiger partial charge is 0.391 e. The monoisotopic (exact) mass is 242 g/mol. The Morgan fingerprint density at radius 3 is 2.60 bits per heavy atom. The van der Waals surface area contributed by atoms with Gasteiger partial charge in [-0.25, -0.2) is 0 Å². The van der Waals surface area contributed by atoms with Crippen molar-refractivity contribution < 1.29 is 29.9 Å². The molecule has 1 rings (SSSR count). The molecule has 0 saturated carbocycles. The van der Waals surface area contributed by atoms with Gasteiger partial charge >= 0.3 is 0 Å². The van der Waals surface area contributed by atoms with E-state index in [9.17, 15) is 15.3 Å². The molecule has 0 spiro atoms. The van der Waals surface area contributed by atoms with Crippen LogP contribution in [0.5, 0.6) is 0 Å². The van der Waals surface area contributed by atoms with Crippen LogP contribution in [0.15, 0.2) is 0 Å². The molecule has 0 amide bonds. The summed E-state index contributed by atoms with van der Waals surface area (Å²) in [4.78, 5) is 0. The van der Waals surface area contributed by atoms with Gasteiger partial charge in [-0.05, 0) is 0 Å². The molecule has 1 saturated heterocycles. The summed E-state index contributed by atoms with van der Waals surface area (Å²) in [5.74, 6) is -1.54. The van der Waals surface area contributed by atoms with Gasteiger partial charge in [-0.3, -0.25) is 0 Å². The molecule has 1 fully saturated rings. The van der Waals surface area contributed by atoms with Gasteiger partial charge in [0.1, 0.15) is 24.9 Å². The van der Waals surface area contributed by atoms with E-state index >= 15 is 0 Å². The van der Waals surface area contributed by atoms with Crippen LogP contribution in [0.4, 0.5) is 0 Å². The Kier molecular flexibility index (Phi) is 4.72. The third-order valence-electron chi connectivity index (χ3n) is 2.31. The minimum atomic E-state index is -1.70. The number of halogens is 1. The van der Waals surface area contributed by atoms with Crippen molar-refractivity contribution in [1.29, 1.82) is 0 Å². The fourth-order valence-electron chi connectivity index (χ4n) is 1.40. The Morgan fingerprint density at radius 2 is 2.07 bits per heavy atom. The van der Waals surface area contributed by atoms with Crippen molar-refractivity contribution in [1.82, 2.24) is 0 Å². The lowest BCUT2D eigenvalue weighted by Crippen LogP contribution is -2.63. The number of alkyl halides is 1. The summed E-state index contributed by atoms with van der Waals surface area (Å²) < 4.78 is 10.1. The van der Waals surface area contributed by atoms with E-state index in [1.54, 1.807) is 0 Å². The molecule has 6 nitrogen and oxygen atoms in total. The van der Waals surface area contributed by atoms with E-state index in [-0.39, 0.29) is 19.1 Å². The Hall–Kier alpha value is 0.0500. The summed E-state index contributed by atoms with van der Waals surface area (Å²) in [7, 11) is 0. The van der Waals surface area contributed by atoms with Crippen molar-refractivity contribution in [3.8, 4) is 0 Å². The van der Waals surface area contributed by atoms with Gasteiger partial charge in [-0.15, -0.1) is 11.6 Å². The molecule has 0 unspecified atom stereocenters. The zero-order chi connectivity index (χ0) is 11.5. The normalized spacial score (nSPS) is 41.8. The molecule has 4 atom stereocenters. The Labute approximate surface area is 92.0 Å². The third kappa shape index (κ3) is 2.59. The lowest BCUT2D eigenvalue weighted by molar-refractivity contribution is -0.347. The molecule has 0 bridgehead atoms. The average Bonchev–Trinajstić information content (AvgIpc) is 2.26. The molecule has 0 aliphatic carbocycles. The maximum atomic E-state index is 9.62. The Morgan fingerprint density at radius 1 is 1.40 bits per heavy atom. The van der Waals surface area contributed by atoms with Crippen molar-refractivity contribution in [3.05, 3.63) is 0 Å². The molecule has 1 aliphatic rings. The lowest BCUT2D eigenvalue weighted by Gasteiger charge is -2.43. The van der Waals surface area contributed by atoms with Crippen LogP contribution in [0.1, 0.15) is 0 Å².